The van der Waals surface area contributed by atoms with Gasteiger partial charge < -0.3 is 9.64 Å². The maximum Gasteiger partial charge on any atom is 0.225 e. The van der Waals surface area contributed by atoms with Crippen molar-refractivity contribution in [2.24, 2.45) is 11.8 Å². The van der Waals surface area contributed by atoms with Crippen LogP contribution in [0.4, 0.5) is 0 Å². The van der Waals surface area contributed by atoms with E-state index in [9.17, 15) is 9.59 Å². The number of Topliss-reactive ketones (excluding diaryl/α,β-unsaturated/α-hetero) is 1. The third kappa shape index (κ3) is 2.43. The molecular formula is C17H21NO3. The van der Waals surface area contributed by atoms with Gasteiger partial charge in [-0.05, 0) is 43.5 Å². The SMILES string of the molecule is COc1ccc(C(=O)C2C[C@H](C)C(=O)N3CCC[C@H]23)cc1. The van der Waals surface area contributed by atoms with Crippen molar-refractivity contribution < 1.29 is 14.3 Å². The highest BCUT2D eigenvalue weighted by atomic mass is 16.5. The zero-order chi connectivity index (χ0) is 15.0. The molecule has 21 heavy (non-hydrogen) atoms. The maximum atomic E-state index is 12.8. The van der Waals surface area contributed by atoms with Crippen molar-refractivity contribution in [2.45, 2.75) is 32.2 Å². The normalized spacial score (nSPS) is 28.4. The largest absolute Gasteiger partial charge is 0.497 e. The Labute approximate surface area is 125 Å². The van der Waals surface area contributed by atoms with E-state index in [1.54, 1.807) is 7.11 Å². The number of ether oxygens (including phenoxy) is 1. The summed E-state index contributed by atoms with van der Waals surface area (Å²) < 4.78 is 5.13. The van der Waals surface area contributed by atoms with Crippen molar-refractivity contribution in [1.82, 2.24) is 4.90 Å². The number of rotatable bonds is 3. The van der Waals surface area contributed by atoms with Crippen LogP contribution >= 0.6 is 0 Å². The minimum atomic E-state index is -0.0615. The molecule has 0 radical (unpaired) electrons. The van der Waals surface area contributed by atoms with Crippen LogP contribution in [-0.2, 0) is 4.79 Å². The van der Waals surface area contributed by atoms with E-state index in [1.165, 1.54) is 0 Å². The molecule has 0 aromatic heterocycles. The monoisotopic (exact) mass is 287 g/mol. The fourth-order valence-electron chi connectivity index (χ4n) is 3.66. The molecule has 3 rings (SSSR count). The van der Waals surface area contributed by atoms with Crippen LogP contribution in [-0.4, -0.2) is 36.3 Å². The lowest BCUT2D eigenvalue weighted by Crippen LogP contribution is -2.50. The molecule has 3 atom stereocenters. The molecule has 0 aliphatic carbocycles. The van der Waals surface area contributed by atoms with Gasteiger partial charge in [-0.25, -0.2) is 0 Å². The first kappa shape index (κ1) is 14.1. The number of carbonyl (C=O) groups is 2. The van der Waals surface area contributed by atoms with Crippen molar-refractivity contribution in [3.63, 3.8) is 0 Å². The van der Waals surface area contributed by atoms with Gasteiger partial charge in [-0.15, -0.1) is 0 Å². The van der Waals surface area contributed by atoms with Crippen molar-refractivity contribution in [3.05, 3.63) is 29.8 Å². The molecule has 4 heteroatoms. The first-order valence-corrected chi connectivity index (χ1v) is 7.60. The molecule has 2 heterocycles. The summed E-state index contributed by atoms with van der Waals surface area (Å²) in [7, 11) is 1.61. The molecule has 0 spiro atoms. The molecule has 0 bridgehead atoms. The van der Waals surface area contributed by atoms with E-state index in [0.717, 1.165) is 25.1 Å². The maximum absolute atomic E-state index is 12.8. The van der Waals surface area contributed by atoms with Crippen LogP contribution in [0, 0.1) is 11.8 Å². The van der Waals surface area contributed by atoms with Crippen LogP contribution in [0.15, 0.2) is 24.3 Å². The van der Waals surface area contributed by atoms with E-state index in [1.807, 2.05) is 36.1 Å². The van der Waals surface area contributed by atoms with Gasteiger partial charge in [0.05, 0.1) is 7.11 Å². The van der Waals surface area contributed by atoms with E-state index in [2.05, 4.69) is 0 Å². The molecular weight excluding hydrogens is 266 g/mol. The van der Waals surface area contributed by atoms with Gasteiger partial charge in [0.2, 0.25) is 5.91 Å². The third-order valence-electron chi connectivity index (χ3n) is 4.79. The number of amides is 1. The average molecular weight is 287 g/mol. The number of carbonyl (C=O) groups excluding carboxylic acids is 2. The summed E-state index contributed by atoms with van der Waals surface area (Å²) in [6, 6.07) is 7.38. The van der Waals surface area contributed by atoms with Gasteiger partial charge in [0.15, 0.2) is 5.78 Å². The number of piperidine rings is 1. The van der Waals surface area contributed by atoms with Gasteiger partial charge in [-0.2, -0.15) is 0 Å². The lowest BCUT2D eigenvalue weighted by atomic mass is 9.79. The van der Waals surface area contributed by atoms with E-state index in [-0.39, 0.29) is 29.6 Å². The van der Waals surface area contributed by atoms with Crippen molar-refractivity contribution in [3.8, 4) is 5.75 Å². The topological polar surface area (TPSA) is 46.6 Å². The van der Waals surface area contributed by atoms with Crippen LogP contribution in [0.25, 0.3) is 0 Å². The standard InChI is InChI=1S/C17H21NO3/c1-11-10-14(15-4-3-9-18(15)17(11)20)16(19)12-5-7-13(21-2)8-6-12/h5-8,11,14-15H,3-4,9-10H2,1-2H3/t11-,14?,15+/m0/s1. The van der Waals surface area contributed by atoms with E-state index >= 15 is 0 Å². The zero-order valence-electron chi connectivity index (χ0n) is 12.5. The molecule has 4 nitrogen and oxygen atoms in total. The van der Waals surface area contributed by atoms with Gasteiger partial charge in [-0.3, -0.25) is 9.59 Å². The van der Waals surface area contributed by atoms with Crippen LogP contribution in [0.1, 0.15) is 36.5 Å². The van der Waals surface area contributed by atoms with Crippen molar-refractivity contribution >= 4 is 11.7 Å². The van der Waals surface area contributed by atoms with Gasteiger partial charge in [0, 0.05) is 30.0 Å². The molecule has 2 saturated heterocycles. The van der Waals surface area contributed by atoms with Crippen LogP contribution in [0.2, 0.25) is 0 Å². The second kappa shape index (κ2) is 5.51. The highest BCUT2D eigenvalue weighted by Crippen LogP contribution is 2.37. The number of ketones is 1. The lowest BCUT2D eigenvalue weighted by molar-refractivity contribution is -0.140. The molecule has 0 saturated carbocycles. The first-order chi connectivity index (χ1) is 10.1. The highest BCUT2D eigenvalue weighted by Gasteiger charge is 2.45. The molecule has 2 aliphatic heterocycles. The molecule has 112 valence electrons. The minimum Gasteiger partial charge on any atom is -0.497 e. The summed E-state index contributed by atoms with van der Waals surface area (Å²) in [4.78, 5) is 26.9. The van der Waals surface area contributed by atoms with Gasteiger partial charge in [0.25, 0.3) is 0 Å². The molecule has 1 unspecified atom stereocenters. The second-order valence-corrected chi connectivity index (χ2v) is 6.08. The quantitative estimate of drug-likeness (QED) is 0.803. The number of hydrogen-bond acceptors (Lipinski definition) is 3. The highest BCUT2D eigenvalue weighted by molar-refractivity contribution is 5.99. The Bertz CT molecular complexity index is 552. The minimum absolute atomic E-state index is 0.0495. The number of fused-ring (bicyclic) bond motifs is 1. The van der Waals surface area contributed by atoms with Crippen LogP contribution in [0.5, 0.6) is 5.75 Å². The Balaban J connectivity index is 1.84. The zero-order valence-corrected chi connectivity index (χ0v) is 12.5. The predicted molar refractivity (Wildman–Crippen MR) is 79.3 cm³/mol. The summed E-state index contributed by atoms with van der Waals surface area (Å²) in [5.41, 5.74) is 0.717. The second-order valence-electron chi connectivity index (χ2n) is 6.08. The Morgan fingerprint density at radius 1 is 1.29 bits per heavy atom. The molecule has 2 fully saturated rings. The fourth-order valence-corrected chi connectivity index (χ4v) is 3.66. The van der Waals surface area contributed by atoms with Crippen LogP contribution in [0.3, 0.4) is 0 Å². The summed E-state index contributed by atoms with van der Waals surface area (Å²) in [6.45, 7) is 2.74. The Morgan fingerprint density at radius 2 is 2.00 bits per heavy atom. The van der Waals surface area contributed by atoms with Crippen molar-refractivity contribution in [1.29, 1.82) is 0 Å². The van der Waals surface area contributed by atoms with E-state index in [4.69, 9.17) is 4.74 Å². The lowest BCUT2D eigenvalue weighted by Gasteiger charge is -2.38. The summed E-state index contributed by atoms with van der Waals surface area (Å²) >= 11 is 0. The van der Waals surface area contributed by atoms with Gasteiger partial charge >= 0.3 is 0 Å². The third-order valence-corrected chi connectivity index (χ3v) is 4.79. The molecule has 1 amide bonds. The molecule has 0 N–H and O–H groups in total. The summed E-state index contributed by atoms with van der Waals surface area (Å²) in [5.74, 6) is 1.02. The predicted octanol–water partition coefficient (Wildman–Crippen LogP) is 2.52. The number of nitrogens with zero attached hydrogens (tertiary/aromatic N) is 1. The summed E-state index contributed by atoms with van der Waals surface area (Å²) in [6.07, 6.45) is 2.63. The average Bonchev–Trinajstić information content (AvgIpc) is 3.00. The first-order valence-electron chi connectivity index (χ1n) is 7.60. The Hall–Kier alpha value is -1.84. The van der Waals surface area contributed by atoms with Gasteiger partial charge in [-0.1, -0.05) is 6.92 Å². The molecule has 1 aromatic rings. The Morgan fingerprint density at radius 3 is 2.67 bits per heavy atom. The number of methoxy groups -OCH3 is 1. The molecule has 2 aliphatic rings. The number of hydrogen-bond donors (Lipinski definition) is 0. The van der Waals surface area contributed by atoms with Crippen molar-refractivity contribution in [2.75, 3.05) is 13.7 Å². The summed E-state index contributed by atoms with van der Waals surface area (Å²) in [5, 5.41) is 0. The van der Waals surface area contributed by atoms with E-state index < -0.39 is 0 Å². The van der Waals surface area contributed by atoms with E-state index in [0.29, 0.717) is 12.0 Å². The molecule has 1 aromatic carbocycles. The fraction of sp³-hybridized carbons (Fsp3) is 0.529. The van der Waals surface area contributed by atoms with Gasteiger partial charge in [0.1, 0.15) is 5.75 Å². The van der Waals surface area contributed by atoms with Crippen LogP contribution < -0.4 is 4.74 Å². The smallest absolute Gasteiger partial charge is 0.225 e. The number of benzene rings is 1. The Kier molecular flexibility index (Phi) is 3.70.